The van der Waals surface area contributed by atoms with Crippen LogP contribution in [0.2, 0.25) is 0 Å². The molecule has 0 radical (unpaired) electrons. The topological polar surface area (TPSA) is 35.2 Å². The van der Waals surface area contributed by atoms with Crippen LogP contribution in [0.4, 0.5) is 0 Å². The average Bonchev–Trinajstić information content (AvgIpc) is 3.01. The molecule has 0 aromatic rings. The van der Waals surface area contributed by atoms with Gasteiger partial charge < -0.3 is 14.5 Å². The van der Waals surface area contributed by atoms with Crippen molar-refractivity contribution >= 4 is 5.97 Å². The molecule has 5 aliphatic rings. The maximum atomic E-state index is 12.8. The zero-order valence-corrected chi connectivity index (χ0v) is 18.7. The van der Waals surface area contributed by atoms with Crippen molar-refractivity contribution in [3.8, 4) is 0 Å². The standard InChI is InChI=1S/C25H40N2O2/c1-18-7-6-10-25(2)16-23-20(15-22(18)25)21(24(28)29-23)17-26-13-8-19(9-14-26)27-11-4-3-5-12-27/h15,18-21,23H,3-14,16-17H2,1-2H3/p+2/t18-,20+,21-,23+,25+/m0/s1. The predicted molar refractivity (Wildman–Crippen MR) is 114 cm³/mol. The summed E-state index contributed by atoms with van der Waals surface area (Å²) in [5.41, 5.74) is 1.92. The molecule has 29 heavy (non-hydrogen) atoms. The van der Waals surface area contributed by atoms with E-state index in [9.17, 15) is 4.79 Å². The van der Waals surface area contributed by atoms with Crippen molar-refractivity contribution in [2.45, 2.75) is 83.8 Å². The van der Waals surface area contributed by atoms with Crippen LogP contribution in [0, 0.1) is 23.2 Å². The van der Waals surface area contributed by atoms with E-state index < -0.39 is 0 Å². The first kappa shape index (κ1) is 20.1. The molecule has 4 heteroatoms. The third kappa shape index (κ3) is 3.80. The minimum Gasteiger partial charge on any atom is -0.461 e. The number of piperidine rings is 2. The summed E-state index contributed by atoms with van der Waals surface area (Å²) in [6.45, 7) is 11.1. The fourth-order valence-electron chi connectivity index (χ4n) is 7.65. The largest absolute Gasteiger partial charge is 0.461 e. The Morgan fingerprint density at radius 3 is 2.59 bits per heavy atom. The van der Waals surface area contributed by atoms with Crippen LogP contribution in [-0.2, 0) is 9.53 Å². The first-order chi connectivity index (χ1) is 14.0. The minimum atomic E-state index is 0.0973. The molecule has 2 N–H and O–H groups in total. The molecule has 0 aromatic carbocycles. The summed E-state index contributed by atoms with van der Waals surface area (Å²) in [5, 5.41) is 0. The number of hydrogen-bond donors (Lipinski definition) is 2. The van der Waals surface area contributed by atoms with E-state index in [2.05, 4.69) is 19.9 Å². The number of quaternary nitrogens is 2. The molecule has 162 valence electrons. The highest BCUT2D eigenvalue weighted by atomic mass is 16.6. The van der Waals surface area contributed by atoms with Gasteiger partial charge in [0.25, 0.3) is 0 Å². The molecule has 0 bridgehead atoms. The number of hydrogen-bond acceptors (Lipinski definition) is 2. The Bertz CT molecular complexity index is 647. The Balaban J connectivity index is 1.23. The summed E-state index contributed by atoms with van der Waals surface area (Å²) in [7, 11) is 0. The zero-order chi connectivity index (χ0) is 20.0. The second-order valence-corrected chi connectivity index (χ2v) is 11.3. The van der Waals surface area contributed by atoms with Gasteiger partial charge in [0.15, 0.2) is 0 Å². The van der Waals surface area contributed by atoms with Crippen molar-refractivity contribution in [3.63, 3.8) is 0 Å². The number of allylic oxidation sites excluding steroid dienone is 1. The Morgan fingerprint density at radius 2 is 1.83 bits per heavy atom. The van der Waals surface area contributed by atoms with Gasteiger partial charge in [0.05, 0.1) is 38.8 Å². The van der Waals surface area contributed by atoms with Gasteiger partial charge in [-0.2, -0.15) is 0 Å². The highest BCUT2D eigenvalue weighted by molar-refractivity contribution is 5.76. The summed E-state index contributed by atoms with van der Waals surface area (Å²) < 4.78 is 5.98. The Morgan fingerprint density at radius 1 is 1.07 bits per heavy atom. The quantitative estimate of drug-likeness (QED) is 0.553. The molecular formula is C25H42N2O2+2. The molecule has 2 aliphatic carbocycles. The highest BCUT2D eigenvalue weighted by Gasteiger charge is 2.53. The summed E-state index contributed by atoms with van der Waals surface area (Å²) >= 11 is 0. The van der Waals surface area contributed by atoms with E-state index in [1.165, 1.54) is 77.5 Å². The Hall–Kier alpha value is -0.870. The number of fused-ring (bicyclic) bond motifs is 2. The summed E-state index contributed by atoms with van der Waals surface area (Å²) in [6, 6.07) is 0.878. The van der Waals surface area contributed by atoms with Gasteiger partial charge in [-0.25, -0.2) is 0 Å². The van der Waals surface area contributed by atoms with Crippen LogP contribution in [0.5, 0.6) is 0 Å². The Labute approximate surface area is 177 Å². The molecule has 3 heterocycles. The average molecular weight is 403 g/mol. The molecule has 0 amide bonds. The molecule has 3 saturated heterocycles. The van der Waals surface area contributed by atoms with Gasteiger partial charge in [0.2, 0.25) is 0 Å². The van der Waals surface area contributed by atoms with E-state index in [0.29, 0.717) is 11.8 Å². The van der Waals surface area contributed by atoms with E-state index in [4.69, 9.17) is 4.74 Å². The molecular weight excluding hydrogens is 360 g/mol. The van der Waals surface area contributed by atoms with E-state index in [1.807, 2.05) is 4.90 Å². The maximum absolute atomic E-state index is 12.8. The van der Waals surface area contributed by atoms with Gasteiger partial charge in [-0.05, 0) is 49.9 Å². The molecule has 0 spiro atoms. The number of carbonyl (C=O) groups is 1. The first-order valence-corrected chi connectivity index (χ1v) is 12.6. The number of rotatable bonds is 3. The SMILES string of the molecule is C[C@H]1CCC[C@]2(C)C[C@H]3OC(=O)[C@@H](C[NH+]4CCC([NH+]5CCCCC5)CC4)[C@H]3C=C12. The third-order valence-electron chi connectivity index (χ3n) is 9.36. The number of esters is 1. The second-order valence-electron chi connectivity index (χ2n) is 11.3. The van der Waals surface area contributed by atoms with Crippen molar-refractivity contribution in [2.24, 2.45) is 23.2 Å². The smallest absolute Gasteiger partial charge is 0.315 e. The molecule has 5 rings (SSSR count). The van der Waals surface area contributed by atoms with Crippen molar-refractivity contribution < 1.29 is 19.3 Å². The maximum Gasteiger partial charge on any atom is 0.315 e. The van der Waals surface area contributed by atoms with Gasteiger partial charge in [-0.15, -0.1) is 0 Å². The van der Waals surface area contributed by atoms with Crippen molar-refractivity contribution in [2.75, 3.05) is 32.7 Å². The lowest BCUT2D eigenvalue weighted by Gasteiger charge is -2.46. The van der Waals surface area contributed by atoms with E-state index in [0.717, 1.165) is 19.0 Å². The van der Waals surface area contributed by atoms with Crippen LogP contribution < -0.4 is 9.80 Å². The molecule has 5 atom stereocenters. The molecule has 0 unspecified atom stereocenters. The number of likely N-dealkylation sites (tertiary alicyclic amines) is 2. The van der Waals surface area contributed by atoms with Gasteiger partial charge in [-0.1, -0.05) is 31.9 Å². The minimum absolute atomic E-state index is 0.0973. The van der Waals surface area contributed by atoms with Gasteiger partial charge >= 0.3 is 5.97 Å². The van der Waals surface area contributed by atoms with Crippen molar-refractivity contribution in [1.29, 1.82) is 0 Å². The Kier molecular flexibility index (Phi) is 5.53. The fraction of sp³-hybridized carbons (Fsp3) is 0.880. The third-order valence-corrected chi connectivity index (χ3v) is 9.36. The predicted octanol–water partition coefficient (Wildman–Crippen LogP) is 1.42. The molecule has 3 aliphatic heterocycles. The van der Waals surface area contributed by atoms with E-state index in [-0.39, 0.29) is 23.4 Å². The molecule has 0 aromatic heterocycles. The molecule has 1 saturated carbocycles. The van der Waals surface area contributed by atoms with Crippen LogP contribution in [0.15, 0.2) is 11.6 Å². The van der Waals surface area contributed by atoms with Crippen molar-refractivity contribution in [3.05, 3.63) is 11.6 Å². The number of ether oxygens (including phenoxy) is 1. The number of nitrogens with one attached hydrogen (secondary N) is 2. The van der Waals surface area contributed by atoms with Gasteiger partial charge in [0.1, 0.15) is 12.0 Å². The fourth-order valence-corrected chi connectivity index (χ4v) is 7.65. The molecule has 4 nitrogen and oxygen atoms in total. The normalized spacial score (nSPS) is 45.9. The lowest BCUT2D eigenvalue weighted by atomic mass is 9.59. The molecule has 4 fully saturated rings. The van der Waals surface area contributed by atoms with E-state index in [1.54, 1.807) is 10.5 Å². The van der Waals surface area contributed by atoms with Crippen LogP contribution >= 0.6 is 0 Å². The van der Waals surface area contributed by atoms with Gasteiger partial charge in [0, 0.05) is 18.8 Å². The van der Waals surface area contributed by atoms with E-state index >= 15 is 0 Å². The summed E-state index contributed by atoms with van der Waals surface area (Å²) in [6.07, 6.45) is 14.6. The van der Waals surface area contributed by atoms with Crippen LogP contribution in [0.25, 0.3) is 0 Å². The van der Waals surface area contributed by atoms with Crippen molar-refractivity contribution in [1.82, 2.24) is 0 Å². The van der Waals surface area contributed by atoms with Gasteiger partial charge in [-0.3, -0.25) is 4.79 Å². The summed E-state index contributed by atoms with van der Waals surface area (Å²) in [5.74, 6) is 1.22. The lowest BCUT2D eigenvalue weighted by Crippen LogP contribution is -3.21. The first-order valence-electron chi connectivity index (χ1n) is 12.6. The van der Waals surface area contributed by atoms with Crippen LogP contribution in [0.3, 0.4) is 0 Å². The highest BCUT2D eigenvalue weighted by Crippen LogP contribution is 2.53. The monoisotopic (exact) mass is 402 g/mol. The summed E-state index contributed by atoms with van der Waals surface area (Å²) in [4.78, 5) is 16.4. The second kappa shape index (κ2) is 8.00. The number of carbonyl (C=O) groups excluding carboxylic acids is 1. The van der Waals surface area contributed by atoms with Crippen LogP contribution in [-0.4, -0.2) is 50.8 Å². The lowest BCUT2D eigenvalue weighted by molar-refractivity contribution is -0.961. The zero-order valence-electron chi connectivity index (χ0n) is 18.7. The van der Waals surface area contributed by atoms with Crippen LogP contribution in [0.1, 0.15) is 71.6 Å².